The zero-order valence-electron chi connectivity index (χ0n) is 13.3. The van der Waals surface area contributed by atoms with Gasteiger partial charge in [-0.1, -0.05) is 17.7 Å². The Labute approximate surface area is 145 Å². The molecule has 0 saturated carbocycles. The van der Waals surface area contributed by atoms with E-state index in [4.69, 9.17) is 11.6 Å². The van der Waals surface area contributed by atoms with Crippen molar-refractivity contribution in [3.8, 4) is 0 Å². The van der Waals surface area contributed by atoms with Crippen LogP contribution in [0.5, 0.6) is 0 Å². The van der Waals surface area contributed by atoms with Crippen LogP contribution in [0.1, 0.15) is 12.5 Å². The number of carbonyl (C=O) groups excluding carboxylic acids is 2. The number of anilines is 3. The number of fused-ring (bicyclic) bond motifs is 1. The topological polar surface area (TPSA) is 61.4 Å². The molecule has 1 aliphatic rings. The van der Waals surface area contributed by atoms with Crippen molar-refractivity contribution in [3.63, 3.8) is 0 Å². The molecule has 5 nitrogen and oxygen atoms in total. The highest BCUT2D eigenvalue weighted by Gasteiger charge is 2.22. The van der Waals surface area contributed by atoms with Gasteiger partial charge in [-0.3, -0.25) is 9.59 Å². The molecular weight excluding hydrogens is 326 g/mol. The lowest BCUT2D eigenvalue weighted by Crippen LogP contribution is -2.25. The first kappa shape index (κ1) is 16.3. The number of halogens is 1. The van der Waals surface area contributed by atoms with Crippen molar-refractivity contribution >= 4 is 40.5 Å². The average molecular weight is 344 g/mol. The van der Waals surface area contributed by atoms with E-state index >= 15 is 0 Å². The van der Waals surface area contributed by atoms with Gasteiger partial charge < -0.3 is 15.5 Å². The number of nitrogens with zero attached hydrogens (tertiary/aromatic N) is 1. The first-order valence-electron chi connectivity index (χ1n) is 7.73. The number of benzene rings is 2. The first-order chi connectivity index (χ1) is 11.5. The van der Waals surface area contributed by atoms with Crippen LogP contribution >= 0.6 is 11.6 Å². The van der Waals surface area contributed by atoms with Crippen LogP contribution in [0.25, 0.3) is 0 Å². The van der Waals surface area contributed by atoms with Crippen molar-refractivity contribution in [2.24, 2.45) is 0 Å². The molecular formula is C18H18ClN3O2. The van der Waals surface area contributed by atoms with Gasteiger partial charge in [0.05, 0.1) is 6.54 Å². The summed E-state index contributed by atoms with van der Waals surface area (Å²) in [5, 5.41) is 6.51. The molecule has 2 N–H and O–H groups in total. The quantitative estimate of drug-likeness (QED) is 0.895. The summed E-state index contributed by atoms with van der Waals surface area (Å²) in [4.78, 5) is 25.4. The summed E-state index contributed by atoms with van der Waals surface area (Å²) in [5.41, 5.74) is 3.53. The molecule has 6 heteroatoms. The molecule has 0 spiro atoms. The van der Waals surface area contributed by atoms with E-state index in [1.807, 2.05) is 30.3 Å². The zero-order chi connectivity index (χ0) is 17.1. The summed E-state index contributed by atoms with van der Waals surface area (Å²) in [6.07, 6.45) is 0.805. The highest BCUT2D eigenvalue weighted by Crippen LogP contribution is 2.30. The fourth-order valence-corrected chi connectivity index (χ4v) is 2.98. The molecule has 2 aromatic carbocycles. The monoisotopic (exact) mass is 343 g/mol. The summed E-state index contributed by atoms with van der Waals surface area (Å²) in [5.74, 6) is -0.104. The molecule has 0 saturated heterocycles. The predicted octanol–water partition coefficient (Wildman–Crippen LogP) is 3.30. The van der Waals surface area contributed by atoms with Crippen molar-refractivity contribution in [2.45, 2.75) is 13.3 Å². The van der Waals surface area contributed by atoms with Gasteiger partial charge >= 0.3 is 0 Å². The van der Waals surface area contributed by atoms with Crippen LogP contribution in [-0.4, -0.2) is 24.9 Å². The fourth-order valence-electron chi connectivity index (χ4n) is 2.79. The lowest BCUT2D eigenvalue weighted by Gasteiger charge is -2.15. The maximum atomic E-state index is 12.1. The molecule has 2 amide bonds. The number of nitrogens with one attached hydrogen (secondary N) is 2. The predicted molar refractivity (Wildman–Crippen MR) is 96.7 cm³/mol. The second-order valence-electron chi connectivity index (χ2n) is 5.68. The molecule has 0 fully saturated rings. The summed E-state index contributed by atoms with van der Waals surface area (Å²) in [6.45, 7) is 2.40. The Hall–Kier alpha value is -2.53. The van der Waals surface area contributed by atoms with Crippen molar-refractivity contribution in [2.75, 3.05) is 28.6 Å². The number of rotatable bonds is 4. The fraction of sp³-hybridized carbons (Fsp3) is 0.222. The third-order valence-electron chi connectivity index (χ3n) is 3.92. The molecule has 1 aliphatic heterocycles. The van der Waals surface area contributed by atoms with E-state index in [1.54, 1.807) is 24.0 Å². The molecule has 0 aliphatic carbocycles. The Balaban J connectivity index is 1.60. The van der Waals surface area contributed by atoms with Crippen LogP contribution < -0.4 is 15.5 Å². The molecule has 0 atom stereocenters. The van der Waals surface area contributed by atoms with Crippen molar-refractivity contribution < 1.29 is 9.59 Å². The van der Waals surface area contributed by atoms with Gasteiger partial charge in [-0.25, -0.2) is 0 Å². The van der Waals surface area contributed by atoms with Crippen molar-refractivity contribution in [1.82, 2.24) is 0 Å². The summed E-state index contributed by atoms with van der Waals surface area (Å²) in [7, 11) is 0. The van der Waals surface area contributed by atoms with Crippen LogP contribution in [0.15, 0.2) is 42.5 Å². The van der Waals surface area contributed by atoms with E-state index < -0.39 is 0 Å². The van der Waals surface area contributed by atoms with Gasteiger partial charge in [-0.2, -0.15) is 0 Å². The van der Waals surface area contributed by atoms with Gasteiger partial charge in [0.1, 0.15) is 0 Å². The molecule has 2 aromatic rings. The second kappa shape index (κ2) is 6.93. The van der Waals surface area contributed by atoms with Crippen LogP contribution in [-0.2, 0) is 16.0 Å². The van der Waals surface area contributed by atoms with E-state index in [1.165, 1.54) is 0 Å². The maximum Gasteiger partial charge on any atom is 0.243 e. The minimum atomic E-state index is -0.142. The molecule has 0 unspecified atom stereocenters. The number of carbonyl (C=O) groups is 2. The molecule has 0 bridgehead atoms. The van der Waals surface area contributed by atoms with E-state index in [2.05, 4.69) is 10.6 Å². The Bertz CT molecular complexity index is 792. The number of amides is 2. The zero-order valence-corrected chi connectivity index (χ0v) is 14.1. The van der Waals surface area contributed by atoms with Gasteiger partial charge in [0.2, 0.25) is 11.8 Å². The normalized spacial score (nSPS) is 12.7. The number of hydrogen-bond donors (Lipinski definition) is 2. The lowest BCUT2D eigenvalue weighted by atomic mass is 10.1. The average Bonchev–Trinajstić information content (AvgIpc) is 2.96. The van der Waals surface area contributed by atoms with Crippen LogP contribution in [0.3, 0.4) is 0 Å². The lowest BCUT2D eigenvalue weighted by molar-refractivity contribution is -0.116. The molecule has 24 heavy (non-hydrogen) atoms. The van der Waals surface area contributed by atoms with Gasteiger partial charge in [0.15, 0.2) is 0 Å². The summed E-state index contributed by atoms with van der Waals surface area (Å²) < 4.78 is 0. The number of hydrogen-bond acceptors (Lipinski definition) is 3. The largest absolute Gasteiger partial charge is 0.376 e. The molecule has 3 rings (SSSR count). The molecule has 0 aromatic heterocycles. The van der Waals surface area contributed by atoms with Crippen LogP contribution in [0, 0.1) is 0 Å². The molecule has 0 radical (unpaired) electrons. The van der Waals surface area contributed by atoms with Gasteiger partial charge in [-0.05, 0) is 48.4 Å². The third kappa shape index (κ3) is 3.68. The second-order valence-corrected chi connectivity index (χ2v) is 6.11. The third-order valence-corrected chi connectivity index (χ3v) is 4.15. The van der Waals surface area contributed by atoms with E-state index in [-0.39, 0.29) is 18.4 Å². The van der Waals surface area contributed by atoms with E-state index in [0.29, 0.717) is 11.6 Å². The van der Waals surface area contributed by atoms with Crippen LogP contribution in [0.2, 0.25) is 5.02 Å². The standard InChI is InChI=1S/C18H18ClN3O2/c1-12(23)22-8-7-13-9-16(5-6-17(13)22)21-18(24)11-20-15-4-2-3-14(19)10-15/h2-6,9-10,20H,7-8,11H2,1H3,(H,21,24). The minimum absolute atomic E-state index is 0.0382. The van der Waals surface area contributed by atoms with Gasteiger partial charge in [0.25, 0.3) is 0 Å². The van der Waals surface area contributed by atoms with Crippen molar-refractivity contribution in [1.29, 1.82) is 0 Å². The Morgan fingerprint density at radius 2 is 2.00 bits per heavy atom. The van der Waals surface area contributed by atoms with E-state index in [0.717, 1.165) is 29.0 Å². The van der Waals surface area contributed by atoms with E-state index in [9.17, 15) is 9.59 Å². The smallest absolute Gasteiger partial charge is 0.243 e. The van der Waals surface area contributed by atoms with Crippen molar-refractivity contribution in [3.05, 3.63) is 53.1 Å². The summed E-state index contributed by atoms with van der Waals surface area (Å²) in [6, 6.07) is 12.8. The summed E-state index contributed by atoms with van der Waals surface area (Å²) >= 11 is 5.91. The Morgan fingerprint density at radius 1 is 1.17 bits per heavy atom. The molecule has 124 valence electrons. The van der Waals surface area contributed by atoms with Gasteiger partial charge in [-0.15, -0.1) is 0 Å². The highest BCUT2D eigenvalue weighted by atomic mass is 35.5. The first-order valence-corrected chi connectivity index (χ1v) is 8.11. The van der Waals surface area contributed by atoms with Crippen LogP contribution in [0.4, 0.5) is 17.1 Å². The van der Waals surface area contributed by atoms with Gasteiger partial charge in [0, 0.05) is 35.6 Å². The SMILES string of the molecule is CC(=O)N1CCc2cc(NC(=O)CNc3cccc(Cl)c3)ccc21. The molecule has 1 heterocycles. The Morgan fingerprint density at radius 3 is 2.75 bits per heavy atom. The maximum absolute atomic E-state index is 12.1. The highest BCUT2D eigenvalue weighted by molar-refractivity contribution is 6.30. The Kier molecular flexibility index (Phi) is 4.71. The minimum Gasteiger partial charge on any atom is -0.376 e.